The van der Waals surface area contributed by atoms with Crippen molar-refractivity contribution in [2.75, 3.05) is 0 Å². The third-order valence-electron chi connectivity index (χ3n) is 5.34. The summed E-state index contributed by atoms with van der Waals surface area (Å²) in [6.45, 7) is 6.66. The van der Waals surface area contributed by atoms with Gasteiger partial charge in [0, 0.05) is 22.6 Å². The van der Waals surface area contributed by atoms with Gasteiger partial charge < -0.3 is 0 Å². The number of H-pyrrole nitrogens is 1. The molecule has 1 N–H and O–H groups in total. The number of aryl methyl sites for hydroxylation is 1. The summed E-state index contributed by atoms with van der Waals surface area (Å²) in [5.41, 5.74) is 5.92. The largest absolute Gasteiger partial charge is 0.274 e. The van der Waals surface area contributed by atoms with Gasteiger partial charge in [0.05, 0.1) is 11.2 Å². The maximum absolute atomic E-state index is 4.78. The SMILES string of the molecule is CCC1(C)CCCc2c1n[nH]c2-c1ncc2ccc(C)cc2n1. The fourth-order valence-electron chi connectivity index (χ4n) is 3.66. The van der Waals surface area contributed by atoms with Crippen LogP contribution in [-0.2, 0) is 11.8 Å². The van der Waals surface area contributed by atoms with Gasteiger partial charge in [-0.3, -0.25) is 5.10 Å². The summed E-state index contributed by atoms with van der Waals surface area (Å²) in [6.07, 6.45) is 6.50. The van der Waals surface area contributed by atoms with E-state index in [9.17, 15) is 0 Å². The number of aromatic amines is 1. The van der Waals surface area contributed by atoms with Crippen LogP contribution in [0, 0.1) is 6.92 Å². The molecule has 1 aromatic carbocycles. The van der Waals surface area contributed by atoms with Crippen molar-refractivity contribution >= 4 is 10.9 Å². The van der Waals surface area contributed by atoms with Gasteiger partial charge in [-0.1, -0.05) is 26.0 Å². The molecule has 0 aliphatic heterocycles. The highest BCUT2D eigenvalue weighted by Gasteiger charge is 2.35. The molecule has 2 heterocycles. The first-order valence-electron chi connectivity index (χ1n) is 8.42. The average molecular weight is 306 g/mol. The van der Waals surface area contributed by atoms with Gasteiger partial charge in [0.25, 0.3) is 0 Å². The minimum atomic E-state index is 0.176. The molecule has 23 heavy (non-hydrogen) atoms. The number of rotatable bonds is 2. The second-order valence-corrected chi connectivity index (χ2v) is 6.95. The normalized spacial score (nSPS) is 20.7. The van der Waals surface area contributed by atoms with Gasteiger partial charge in [0.15, 0.2) is 5.82 Å². The van der Waals surface area contributed by atoms with Gasteiger partial charge in [-0.2, -0.15) is 5.10 Å². The molecule has 1 aliphatic rings. The second kappa shape index (κ2) is 5.15. The monoisotopic (exact) mass is 306 g/mol. The Morgan fingerprint density at radius 1 is 1.30 bits per heavy atom. The van der Waals surface area contributed by atoms with Crippen molar-refractivity contribution in [3.05, 3.63) is 41.2 Å². The number of fused-ring (bicyclic) bond motifs is 2. The van der Waals surface area contributed by atoms with Crippen molar-refractivity contribution in [1.29, 1.82) is 0 Å². The summed E-state index contributed by atoms with van der Waals surface area (Å²) in [4.78, 5) is 9.36. The number of nitrogens with one attached hydrogen (secondary N) is 1. The molecule has 4 nitrogen and oxygen atoms in total. The van der Waals surface area contributed by atoms with Gasteiger partial charge >= 0.3 is 0 Å². The quantitative estimate of drug-likeness (QED) is 0.766. The van der Waals surface area contributed by atoms with E-state index in [1.807, 2.05) is 6.20 Å². The Bertz CT molecular complexity index is 880. The Labute approximate surface area is 136 Å². The predicted molar refractivity (Wildman–Crippen MR) is 92.4 cm³/mol. The maximum atomic E-state index is 4.78. The molecule has 0 bridgehead atoms. The second-order valence-electron chi connectivity index (χ2n) is 6.95. The number of hydrogen-bond acceptors (Lipinski definition) is 3. The van der Waals surface area contributed by atoms with Crippen LogP contribution in [0.2, 0.25) is 0 Å². The molecule has 118 valence electrons. The smallest absolute Gasteiger partial charge is 0.178 e. The van der Waals surface area contributed by atoms with E-state index in [1.54, 1.807) is 0 Å². The van der Waals surface area contributed by atoms with Crippen LogP contribution in [0.4, 0.5) is 0 Å². The van der Waals surface area contributed by atoms with E-state index in [0.717, 1.165) is 35.3 Å². The Kier molecular flexibility index (Phi) is 3.22. The number of nitrogens with zero attached hydrogens (tertiary/aromatic N) is 3. The molecule has 0 spiro atoms. The summed E-state index contributed by atoms with van der Waals surface area (Å²) in [5.74, 6) is 0.761. The third-order valence-corrected chi connectivity index (χ3v) is 5.34. The highest BCUT2D eigenvalue weighted by molar-refractivity contribution is 5.80. The van der Waals surface area contributed by atoms with E-state index in [-0.39, 0.29) is 5.41 Å². The Balaban J connectivity index is 1.86. The topological polar surface area (TPSA) is 54.5 Å². The molecule has 0 saturated heterocycles. The zero-order chi connectivity index (χ0) is 16.0. The molecule has 4 rings (SSSR count). The van der Waals surface area contributed by atoms with Gasteiger partial charge in [0.2, 0.25) is 0 Å². The minimum Gasteiger partial charge on any atom is -0.274 e. The van der Waals surface area contributed by atoms with E-state index in [0.29, 0.717) is 0 Å². The standard InChI is InChI=1S/C19H22N4/c1-4-19(3)9-5-6-14-16(22-23-17(14)19)18-20-11-13-8-7-12(2)10-15(13)21-18/h7-8,10-11H,4-6,9H2,1-3H3,(H,22,23). The van der Waals surface area contributed by atoms with Crippen molar-refractivity contribution in [2.24, 2.45) is 0 Å². The fourth-order valence-corrected chi connectivity index (χ4v) is 3.66. The van der Waals surface area contributed by atoms with E-state index < -0.39 is 0 Å². The lowest BCUT2D eigenvalue weighted by molar-refractivity contribution is 0.371. The van der Waals surface area contributed by atoms with Crippen LogP contribution < -0.4 is 0 Å². The first-order chi connectivity index (χ1) is 11.1. The molecule has 1 atom stereocenters. The highest BCUT2D eigenvalue weighted by Crippen LogP contribution is 2.41. The Hall–Kier alpha value is -2.23. The summed E-state index contributed by atoms with van der Waals surface area (Å²) in [5, 5.41) is 8.95. The predicted octanol–water partition coefficient (Wildman–Crippen LogP) is 4.33. The van der Waals surface area contributed by atoms with Crippen molar-refractivity contribution in [2.45, 2.75) is 51.9 Å². The number of aromatic nitrogens is 4. The maximum Gasteiger partial charge on any atom is 0.178 e. The zero-order valence-corrected chi connectivity index (χ0v) is 14.0. The van der Waals surface area contributed by atoms with Crippen LogP contribution in [0.25, 0.3) is 22.4 Å². The Morgan fingerprint density at radius 2 is 2.17 bits per heavy atom. The summed E-state index contributed by atoms with van der Waals surface area (Å²) < 4.78 is 0. The first kappa shape index (κ1) is 14.4. The lowest BCUT2D eigenvalue weighted by atomic mass is 9.73. The van der Waals surface area contributed by atoms with Gasteiger partial charge in [0.1, 0.15) is 5.69 Å². The van der Waals surface area contributed by atoms with Crippen molar-refractivity contribution < 1.29 is 0 Å². The van der Waals surface area contributed by atoms with Crippen LogP contribution in [0.15, 0.2) is 24.4 Å². The van der Waals surface area contributed by atoms with E-state index in [4.69, 9.17) is 4.98 Å². The lowest BCUT2D eigenvalue weighted by Gasteiger charge is -2.31. The minimum absolute atomic E-state index is 0.176. The summed E-state index contributed by atoms with van der Waals surface area (Å²) in [7, 11) is 0. The van der Waals surface area contributed by atoms with E-state index >= 15 is 0 Å². The molecular weight excluding hydrogens is 284 g/mol. The molecule has 2 aromatic heterocycles. The van der Waals surface area contributed by atoms with Crippen molar-refractivity contribution in [3.63, 3.8) is 0 Å². The van der Waals surface area contributed by atoms with Crippen LogP contribution in [0.5, 0.6) is 0 Å². The highest BCUT2D eigenvalue weighted by atomic mass is 15.1. The molecular formula is C19H22N4. The molecule has 0 radical (unpaired) electrons. The molecule has 0 saturated carbocycles. The van der Waals surface area contributed by atoms with Crippen molar-refractivity contribution in [3.8, 4) is 11.5 Å². The van der Waals surface area contributed by atoms with Gasteiger partial charge in [-0.25, -0.2) is 9.97 Å². The molecule has 0 fully saturated rings. The molecule has 1 aliphatic carbocycles. The Morgan fingerprint density at radius 3 is 3.00 bits per heavy atom. The summed E-state index contributed by atoms with van der Waals surface area (Å²) in [6, 6.07) is 6.28. The van der Waals surface area contributed by atoms with E-state index in [1.165, 1.54) is 29.7 Å². The first-order valence-corrected chi connectivity index (χ1v) is 8.42. The van der Waals surface area contributed by atoms with Crippen LogP contribution in [0.3, 0.4) is 0 Å². The van der Waals surface area contributed by atoms with Crippen LogP contribution in [-0.4, -0.2) is 20.2 Å². The van der Waals surface area contributed by atoms with Crippen LogP contribution >= 0.6 is 0 Å². The molecule has 0 amide bonds. The lowest BCUT2D eigenvalue weighted by Crippen LogP contribution is -2.26. The molecule has 4 heteroatoms. The summed E-state index contributed by atoms with van der Waals surface area (Å²) >= 11 is 0. The van der Waals surface area contributed by atoms with E-state index in [2.05, 4.69) is 54.2 Å². The number of benzene rings is 1. The van der Waals surface area contributed by atoms with Gasteiger partial charge in [-0.05, 0) is 44.2 Å². The van der Waals surface area contributed by atoms with Gasteiger partial charge in [-0.15, -0.1) is 0 Å². The molecule has 1 unspecified atom stereocenters. The third kappa shape index (κ3) is 2.24. The average Bonchev–Trinajstić information content (AvgIpc) is 3.00. The van der Waals surface area contributed by atoms with Crippen LogP contribution in [0.1, 0.15) is 49.9 Å². The number of hydrogen-bond donors (Lipinski definition) is 1. The fraction of sp³-hybridized carbons (Fsp3) is 0.421. The zero-order valence-electron chi connectivity index (χ0n) is 14.0. The van der Waals surface area contributed by atoms with Crippen molar-refractivity contribution in [1.82, 2.24) is 20.2 Å². The molecule has 3 aromatic rings.